The fraction of sp³-hybridized carbons (Fsp3) is 0.643. The molecule has 1 N–H and O–H groups in total. The van der Waals surface area contributed by atoms with Crippen LogP contribution in [0.1, 0.15) is 44.9 Å². The minimum absolute atomic E-state index is 0.255. The van der Waals surface area contributed by atoms with Crippen molar-refractivity contribution in [1.29, 1.82) is 0 Å². The lowest BCUT2D eigenvalue weighted by atomic mass is 9.93. The van der Waals surface area contributed by atoms with Crippen molar-refractivity contribution in [3.05, 3.63) is 29.6 Å². The molecule has 2 nitrogen and oxygen atoms in total. The topological polar surface area (TPSA) is 33.1 Å². The third-order valence-electron chi connectivity index (χ3n) is 3.31. The molecule has 0 saturated carbocycles. The van der Waals surface area contributed by atoms with Crippen LogP contribution < -0.4 is 0 Å². The molecule has 1 unspecified atom stereocenters. The van der Waals surface area contributed by atoms with Crippen LogP contribution in [0, 0.1) is 5.92 Å². The first-order chi connectivity index (χ1) is 7.71. The van der Waals surface area contributed by atoms with E-state index in [1.165, 1.54) is 5.56 Å². The van der Waals surface area contributed by atoms with Gasteiger partial charge in [-0.1, -0.05) is 39.7 Å². The lowest BCUT2D eigenvalue weighted by molar-refractivity contribution is 0.102. The van der Waals surface area contributed by atoms with E-state index in [1.54, 1.807) is 0 Å². The smallest absolute Gasteiger partial charge is 0.0623 e. The minimum atomic E-state index is -0.255. The van der Waals surface area contributed by atoms with Gasteiger partial charge in [-0.15, -0.1) is 0 Å². The van der Waals surface area contributed by atoms with Crippen molar-refractivity contribution in [3.8, 4) is 0 Å². The van der Waals surface area contributed by atoms with Crippen LogP contribution in [0.3, 0.4) is 0 Å². The first-order valence-electron chi connectivity index (χ1n) is 6.33. The molecule has 0 bridgehead atoms. The summed E-state index contributed by atoms with van der Waals surface area (Å²) in [6, 6.07) is 4.13. The van der Waals surface area contributed by atoms with Crippen LogP contribution >= 0.6 is 0 Å². The lowest BCUT2D eigenvalue weighted by Gasteiger charge is -2.19. The zero-order valence-electron chi connectivity index (χ0n) is 10.6. The van der Waals surface area contributed by atoms with Crippen molar-refractivity contribution in [3.63, 3.8) is 0 Å². The molecule has 0 radical (unpaired) electrons. The molecule has 0 saturated heterocycles. The van der Waals surface area contributed by atoms with E-state index in [2.05, 4.69) is 31.8 Å². The molecule has 1 heterocycles. The van der Waals surface area contributed by atoms with Gasteiger partial charge in [0.2, 0.25) is 0 Å². The van der Waals surface area contributed by atoms with Gasteiger partial charge in [-0.25, -0.2) is 0 Å². The molecule has 1 aromatic rings. The molecule has 0 aromatic carbocycles. The molecule has 0 aliphatic heterocycles. The van der Waals surface area contributed by atoms with Crippen molar-refractivity contribution >= 4 is 0 Å². The van der Waals surface area contributed by atoms with Gasteiger partial charge in [-0.05, 0) is 24.0 Å². The summed E-state index contributed by atoms with van der Waals surface area (Å²) in [7, 11) is 0. The summed E-state index contributed by atoms with van der Waals surface area (Å²) in [4.78, 5) is 4.38. The number of hydrogen-bond acceptors (Lipinski definition) is 2. The fourth-order valence-corrected chi connectivity index (χ4v) is 2.00. The number of aliphatic hydroxyl groups excluding tert-OH is 1. The standard InChI is InChI=1S/C14H23NO/c1-4-11-7-8-13(15-10-11)9-14(16)12(5-2)6-3/h7-8,10,12,14,16H,4-6,9H2,1-3H3. The summed E-state index contributed by atoms with van der Waals surface area (Å²) in [5.74, 6) is 0.396. The van der Waals surface area contributed by atoms with Crippen molar-refractivity contribution < 1.29 is 5.11 Å². The lowest BCUT2D eigenvalue weighted by Crippen LogP contribution is -2.22. The molecule has 2 heteroatoms. The monoisotopic (exact) mass is 221 g/mol. The van der Waals surface area contributed by atoms with Gasteiger partial charge in [-0.3, -0.25) is 4.98 Å². The van der Waals surface area contributed by atoms with E-state index in [1.807, 2.05) is 12.3 Å². The Morgan fingerprint density at radius 2 is 1.88 bits per heavy atom. The fourth-order valence-electron chi connectivity index (χ4n) is 2.00. The summed E-state index contributed by atoms with van der Waals surface area (Å²) >= 11 is 0. The van der Waals surface area contributed by atoms with Gasteiger partial charge in [0.15, 0.2) is 0 Å². The molecule has 0 fully saturated rings. The van der Waals surface area contributed by atoms with Crippen LogP contribution in [-0.4, -0.2) is 16.2 Å². The maximum Gasteiger partial charge on any atom is 0.0623 e. The summed E-state index contributed by atoms with van der Waals surface area (Å²) in [6.45, 7) is 6.38. The maximum absolute atomic E-state index is 10.0. The SMILES string of the molecule is CCc1ccc(CC(O)C(CC)CC)nc1. The normalized spacial score (nSPS) is 13.1. The highest BCUT2D eigenvalue weighted by atomic mass is 16.3. The number of rotatable bonds is 6. The van der Waals surface area contributed by atoms with Gasteiger partial charge >= 0.3 is 0 Å². The number of pyridine rings is 1. The second kappa shape index (κ2) is 6.64. The molecule has 1 atom stereocenters. The number of nitrogens with zero attached hydrogens (tertiary/aromatic N) is 1. The first-order valence-corrected chi connectivity index (χ1v) is 6.33. The van der Waals surface area contributed by atoms with E-state index < -0.39 is 0 Å². The quantitative estimate of drug-likeness (QED) is 0.801. The molecule has 1 aromatic heterocycles. The average molecular weight is 221 g/mol. The molecule has 1 rings (SSSR count). The third kappa shape index (κ3) is 3.60. The van der Waals surface area contributed by atoms with E-state index >= 15 is 0 Å². The summed E-state index contributed by atoms with van der Waals surface area (Å²) in [5.41, 5.74) is 2.25. The van der Waals surface area contributed by atoms with Crippen LogP contribution in [-0.2, 0) is 12.8 Å². The second-order valence-electron chi connectivity index (χ2n) is 4.36. The summed E-state index contributed by atoms with van der Waals surface area (Å²) < 4.78 is 0. The zero-order valence-corrected chi connectivity index (χ0v) is 10.6. The van der Waals surface area contributed by atoms with Gasteiger partial charge in [0, 0.05) is 18.3 Å². The molecule has 16 heavy (non-hydrogen) atoms. The Morgan fingerprint density at radius 3 is 2.31 bits per heavy atom. The summed E-state index contributed by atoms with van der Waals surface area (Å²) in [5, 5.41) is 10.0. The highest BCUT2D eigenvalue weighted by Gasteiger charge is 2.16. The van der Waals surface area contributed by atoms with E-state index in [9.17, 15) is 5.11 Å². The average Bonchev–Trinajstić information content (AvgIpc) is 2.31. The van der Waals surface area contributed by atoms with Crippen molar-refractivity contribution in [2.45, 2.75) is 52.6 Å². The third-order valence-corrected chi connectivity index (χ3v) is 3.31. The van der Waals surface area contributed by atoms with Crippen LogP contribution in [0.2, 0.25) is 0 Å². The van der Waals surface area contributed by atoms with Crippen molar-refractivity contribution in [1.82, 2.24) is 4.98 Å². The van der Waals surface area contributed by atoms with Gasteiger partial charge < -0.3 is 5.11 Å². The largest absolute Gasteiger partial charge is 0.392 e. The van der Waals surface area contributed by atoms with Gasteiger partial charge in [0.05, 0.1) is 6.10 Å². The number of hydrogen-bond donors (Lipinski definition) is 1. The Hall–Kier alpha value is -0.890. The van der Waals surface area contributed by atoms with E-state index in [0.717, 1.165) is 25.0 Å². The number of aryl methyl sites for hydroxylation is 1. The predicted octanol–water partition coefficient (Wildman–Crippen LogP) is 2.98. The Balaban J connectivity index is 2.58. The highest BCUT2D eigenvalue weighted by molar-refractivity contribution is 5.14. The second-order valence-corrected chi connectivity index (χ2v) is 4.36. The van der Waals surface area contributed by atoms with Crippen molar-refractivity contribution in [2.24, 2.45) is 5.92 Å². The van der Waals surface area contributed by atoms with E-state index in [4.69, 9.17) is 0 Å². The highest BCUT2D eigenvalue weighted by Crippen LogP contribution is 2.16. The van der Waals surface area contributed by atoms with Crippen LogP contribution in [0.5, 0.6) is 0 Å². The molecule has 0 aliphatic carbocycles. The van der Waals surface area contributed by atoms with Crippen molar-refractivity contribution in [2.75, 3.05) is 0 Å². The first kappa shape index (κ1) is 13.2. The Morgan fingerprint density at radius 1 is 1.19 bits per heavy atom. The van der Waals surface area contributed by atoms with Gasteiger partial charge in [0.1, 0.15) is 0 Å². The minimum Gasteiger partial charge on any atom is -0.392 e. The van der Waals surface area contributed by atoms with Crippen LogP contribution in [0.4, 0.5) is 0 Å². The molecule has 0 spiro atoms. The molecular weight excluding hydrogens is 198 g/mol. The Labute approximate surface area is 98.7 Å². The van der Waals surface area contributed by atoms with Crippen LogP contribution in [0.25, 0.3) is 0 Å². The van der Waals surface area contributed by atoms with E-state index in [0.29, 0.717) is 12.3 Å². The number of aromatic nitrogens is 1. The predicted molar refractivity (Wildman–Crippen MR) is 67.4 cm³/mol. The zero-order chi connectivity index (χ0) is 12.0. The Bertz CT molecular complexity index is 290. The van der Waals surface area contributed by atoms with E-state index in [-0.39, 0.29) is 6.10 Å². The molecule has 0 amide bonds. The van der Waals surface area contributed by atoms with Gasteiger partial charge in [-0.2, -0.15) is 0 Å². The summed E-state index contributed by atoms with van der Waals surface area (Å²) in [6.07, 6.45) is 5.42. The Kier molecular flexibility index (Phi) is 5.47. The van der Waals surface area contributed by atoms with Gasteiger partial charge in [0.25, 0.3) is 0 Å². The maximum atomic E-state index is 10.0. The van der Waals surface area contributed by atoms with Crippen LogP contribution in [0.15, 0.2) is 18.3 Å². The molecule has 0 aliphatic rings. The molecule has 90 valence electrons. The molecular formula is C14H23NO. The number of aliphatic hydroxyl groups is 1.